The molecule has 1 aliphatic rings. The predicted molar refractivity (Wildman–Crippen MR) is 125 cm³/mol. The molecule has 1 aliphatic heterocycles. The van der Waals surface area contributed by atoms with Gasteiger partial charge in [-0.2, -0.15) is 0 Å². The summed E-state index contributed by atoms with van der Waals surface area (Å²) in [5.74, 6) is -1.17. The SMILES string of the molecule is CC(C)C[C@H](NC(=O)C(C)Cc1cc(C(=O)N2CCOCC2)cc2ccccc12)B(O)O. The van der Waals surface area contributed by atoms with Gasteiger partial charge in [0.05, 0.1) is 19.2 Å². The van der Waals surface area contributed by atoms with Gasteiger partial charge in [-0.3, -0.25) is 9.59 Å². The summed E-state index contributed by atoms with van der Waals surface area (Å²) >= 11 is 0. The predicted octanol–water partition coefficient (Wildman–Crippen LogP) is 2.03. The van der Waals surface area contributed by atoms with Gasteiger partial charge in [0.25, 0.3) is 5.91 Å². The first-order valence-electron chi connectivity index (χ1n) is 11.3. The van der Waals surface area contributed by atoms with Crippen molar-refractivity contribution in [3.05, 3.63) is 47.5 Å². The van der Waals surface area contributed by atoms with Crippen molar-refractivity contribution >= 4 is 29.7 Å². The van der Waals surface area contributed by atoms with Gasteiger partial charge in [0.1, 0.15) is 0 Å². The molecular weight excluding hydrogens is 407 g/mol. The van der Waals surface area contributed by atoms with E-state index in [0.29, 0.717) is 44.7 Å². The number of nitrogens with one attached hydrogen (secondary N) is 1. The zero-order chi connectivity index (χ0) is 23.3. The van der Waals surface area contributed by atoms with E-state index in [4.69, 9.17) is 4.74 Å². The third-order valence-corrected chi connectivity index (χ3v) is 5.88. The fourth-order valence-corrected chi connectivity index (χ4v) is 4.14. The Labute approximate surface area is 189 Å². The summed E-state index contributed by atoms with van der Waals surface area (Å²) in [7, 11) is -1.61. The molecule has 3 N–H and O–H groups in total. The molecule has 1 fully saturated rings. The Morgan fingerprint density at radius 1 is 1.12 bits per heavy atom. The highest BCUT2D eigenvalue weighted by Crippen LogP contribution is 2.25. The quantitative estimate of drug-likeness (QED) is 0.546. The molecule has 3 rings (SSSR count). The van der Waals surface area contributed by atoms with Gasteiger partial charge in [0.15, 0.2) is 0 Å². The van der Waals surface area contributed by atoms with Crippen molar-refractivity contribution in [1.29, 1.82) is 0 Å². The zero-order valence-electron chi connectivity index (χ0n) is 19.1. The maximum Gasteiger partial charge on any atom is 0.475 e. The van der Waals surface area contributed by atoms with Crippen LogP contribution in [0.3, 0.4) is 0 Å². The van der Waals surface area contributed by atoms with E-state index in [0.717, 1.165) is 16.3 Å². The van der Waals surface area contributed by atoms with E-state index >= 15 is 0 Å². The second kappa shape index (κ2) is 10.9. The maximum atomic E-state index is 13.1. The van der Waals surface area contributed by atoms with Gasteiger partial charge in [0.2, 0.25) is 5.91 Å². The van der Waals surface area contributed by atoms with E-state index in [1.54, 1.807) is 4.90 Å². The van der Waals surface area contributed by atoms with Crippen molar-refractivity contribution in [2.24, 2.45) is 11.8 Å². The molecule has 7 nitrogen and oxygen atoms in total. The van der Waals surface area contributed by atoms with Gasteiger partial charge < -0.3 is 25.0 Å². The van der Waals surface area contributed by atoms with Crippen LogP contribution in [0.4, 0.5) is 0 Å². The Balaban J connectivity index is 1.82. The van der Waals surface area contributed by atoms with Crippen molar-refractivity contribution in [2.45, 2.75) is 39.6 Å². The number of hydrogen-bond donors (Lipinski definition) is 3. The standard InChI is InChI=1S/C24H33BN2O5/c1-16(2)12-22(25(30)31)26-23(28)17(3)13-19-15-20(14-18-6-4-5-7-21(18)19)24(29)27-8-10-32-11-9-27/h4-7,14-17,22,30-31H,8-13H2,1-3H3,(H,26,28)/t17?,22-/m0/s1. The van der Waals surface area contributed by atoms with Crippen LogP contribution in [0.5, 0.6) is 0 Å². The summed E-state index contributed by atoms with van der Waals surface area (Å²) in [4.78, 5) is 27.7. The topological polar surface area (TPSA) is 99.1 Å². The number of nitrogens with zero attached hydrogens (tertiary/aromatic N) is 1. The minimum absolute atomic E-state index is 0.0298. The molecule has 2 aromatic carbocycles. The van der Waals surface area contributed by atoms with Gasteiger partial charge in [-0.1, -0.05) is 45.0 Å². The maximum absolute atomic E-state index is 13.1. The third kappa shape index (κ3) is 6.09. The van der Waals surface area contributed by atoms with E-state index in [2.05, 4.69) is 5.32 Å². The number of ether oxygens (including phenoxy) is 1. The minimum Gasteiger partial charge on any atom is -0.426 e. The normalized spacial score (nSPS) is 16.1. The number of fused-ring (bicyclic) bond motifs is 1. The monoisotopic (exact) mass is 440 g/mol. The van der Waals surface area contributed by atoms with Gasteiger partial charge in [0, 0.05) is 24.6 Å². The molecule has 0 radical (unpaired) electrons. The molecule has 2 amide bonds. The molecule has 0 aromatic heterocycles. The highest BCUT2D eigenvalue weighted by Gasteiger charge is 2.28. The lowest BCUT2D eigenvalue weighted by Gasteiger charge is -2.27. The van der Waals surface area contributed by atoms with Crippen molar-refractivity contribution in [1.82, 2.24) is 10.2 Å². The smallest absolute Gasteiger partial charge is 0.426 e. The van der Waals surface area contributed by atoms with Gasteiger partial charge >= 0.3 is 7.12 Å². The molecule has 8 heteroatoms. The number of hydrogen-bond acceptors (Lipinski definition) is 5. The van der Waals surface area contributed by atoms with Gasteiger partial charge in [-0.15, -0.1) is 0 Å². The second-order valence-electron chi connectivity index (χ2n) is 9.02. The van der Waals surface area contributed by atoms with Crippen LogP contribution in [0.2, 0.25) is 0 Å². The van der Waals surface area contributed by atoms with E-state index < -0.39 is 19.0 Å². The molecule has 0 spiro atoms. The first-order valence-corrected chi connectivity index (χ1v) is 11.3. The van der Waals surface area contributed by atoms with E-state index in [1.807, 2.05) is 57.2 Å². The molecule has 0 saturated carbocycles. The molecule has 2 aromatic rings. The van der Waals surface area contributed by atoms with Crippen molar-refractivity contribution in [3.63, 3.8) is 0 Å². The Bertz CT molecular complexity index is 943. The van der Waals surface area contributed by atoms with Gasteiger partial charge in [-0.25, -0.2) is 0 Å². The van der Waals surface area contributed by atoms with Crippen molar-refractivity contribution in [3.8, 4) is 0 Å². The van der Waals surface area contributed by atoms with Gasteiger partial charge in [-0.05, 0) is 47.2 Å². The summed E-state index contributed by atoms with van der Waals surface area (Å²) in [5.41, 5.74) is 1.53. The molecule has 1 heterocycles. The third-order valence-electron chi connectivity index (χ3n) is 5.88. The van der Waals surface area contributed by atoms with Crippen molar-refractivity contribution in [2.75, 3.05) is 26.3 Å². The molecule has 0 aliphatic carbocycles. The van der Waals surface area contributed by atoms with Crippen LogP contribution >= 0.6 is 0 Å². The summed E-state index contributed by atoms with van der Waals surface area (Å²) < 4.78 is 5.36. The zero-order valence-corrected chi connectivity index (χ0v) is 19.1. The Hall–Kier alpha value is -2.42. The lowest BCUT2D eigenvalue weighted by molar-refractivity contribution is -0.124. The average Bonchev–Trinajstić information content (AvgIpc) is 2.78. The Morgan fingerprint density at radius 2 is 1.81 bits per heavy atom. The number of amides is 2. The molecule has 0 bridgehead atoms. The average molecular weight is 440 g/mol. The van der Waals surface area contributed by atoms with Crippen LogP contribution in [0.1, 0.15) is 43.1 Å². The number of carbonyl (C=O) groups is 2. The number of rotatable bonds is 8. The largest absolute Gasteiger partial charge is 0.475 e. The van der Waals surface area contributed by atoms with E-state index in [1.165, 1.54) is 0 Å². The molecule has 32 heavy (non-hydrogen) atoms. The first kappa shape index (κ1) is 24.2. The first-order chi connectivity index (χ1) is 15.3. The Morgan fingerprint density at radius 3 is 2.47 bits per heavy atom. The van der Waals surface area contributed by atoms with Crippen LogP contribution < -0.4 is 5.32 Å². The number of carbonyl (C=O) groups excluding carboxylic acids is 2. The number of benzene rings is 2. The fourth-order valence-electron chi connectivity index (χ4n) is 4.14. The second-order valence-corrected chi connectivity index (χ2v) is 9.02. The summed E-state index contributed by atoms with van der Waals surface area (Å²) in [6.07, 6.45) is 0.912. The molecule has 1 saturated heterocycles. The van der Waals surface area contributed by atoms with Crippen molar-refractivity contribution < 1.29 is 24.4 Å². The molecular formula is C24H33BN2O5. The molecule has 172 valence electrons. The summed E-state index contributed by atoms with van der Waals surface area (Å²) in [6.45, 7) is 7.97. The lowest BCUT2D eigenvalue weighted by Crippen LogP contribution is -2.49. The van der Waals surface area contributed by atoms with Crippen LogP contribution in [0.15, 0.2) is 36.4 Å². The van der Waals surface area contributed by atoms with E-state index in [9.17, 15) is 19.6 Å². The number of morpholine rings is 1. The van der Waals surface area contributed by atoms with Crippen LogP contribution in [-0.4, -0.2) is 66.1 Å². The highest BCUT2D eigenvalue weighted by molar-refractivity contribution is 6.43. The lowest BCUT2D eigenvalue weighted by atomic mass is 9.74. The molecule has 1 unspecified atom stereocenters. The summed E-state index contributed by atoms with van der Waals surface area (Å²) in [5, 5.41) is 24.0. The van der Waals surface area contributed by atoms with Crippen LogP contribution in [0.25, 0.3) is 10.8 Å². The highest BCUT2D eigenvalue weighted by atomic mass is 16.5. The van der Waals surface area contributed by atoms with E-state index in [-0.39, 0.29) is 17.7 Å². The summed E-state index contributed by atoms with van der Waals surface area (Å²) in [6, 6.07) is 11.6. The minimum atomic E-state index is -1.61. The molecule has 2 atom stereocenters. The fraction of sp³-hybridized carbons (Fsp3) is 0.500. The van der Waals surface area contributed by atoms with Crippen LogP contribution in [-0.2, 0) is 16.0 Å². The van der Waals surface area contributed by atoms with Crippen LogP contribution in [0, 0.1) is 11.8 Å². The Kier molecular flexibility index (Phi) is 8.29.